The van der Waals surface area contributed by atoms with Gasteiger partial charge in [0.2, 0.25) is 0 Å². The Morgan fingerprint density at radius 1 is 0.938 bits per heavy atom. The second kappa shape index (κ2) is 9.66. The number of aromatic nitrogens is 1. The fraction of sp³-hybridized carbons (Fsp3) is 0.357. The Morgan fingerprint density at radius 2 is 1.72 bits per heavy atom. The van der Waals surface area contributed by atoms with Crippen LogP contribution in [0.3, 0.4) is 0 Å². The number of rotatable bonds is 7. The van der Waals surface area contributed by atoms with Crippen LogP contribution in [0.2, 0.25) is 0 Å². The number of benzene rings is 2. The Hall–Kier alpha value is -2.98. The number of Topliss-reactive ketones (excluding diaryl/α,β-unsaturated/α-hetero) is 1. The standard InChI is InChI=1S/C28H31N3O/c32-28(9-6-22-12-17-30(18-13-22)21-23-4-2-1-3-5-23)25-7-8-27-24(20-25)14-19-31(27)26-10-15-29-16-11-26/h1-5,7-8,10-11,15-16,20,22H,6,9,12-14,17-19,21H2. The van der Waals surface area contributed by atoms with Gasteiger partial charge < -0.3 is 4.90 Å². The summed E-state index contributed by atoms with van der Waals surface area (Å²) in [5, 5.41) is 0. The molecule has 0 radical (unpaired) electrons. The van der Waals surface area contributed by atoms with Crippen LogP contribution >= 0.6 is 0 Å². The number of hydrogen-bond acceptors (Lipinski definition) is 4. The molecule has 32 heavy (non-hydrogen) atoms. The summed E-state index contributed by atoms with van der Waals surface area (Å²) in [5.41, 5.74) is 5.93. The fourth-order valence-electron chi connectivity index (χ4n) is 5.12. The lowest BCUT2D eigenvalue weighted by atomic mass is 9.90. The summed E-state index contributed by atoms with van der Waals surface area (Å²) in [6.07, 6.45) is 8.72. The van der Waals surface area contributed by atoms with Crippen molar-refractivity contribution >= 4 is 17.2 Å². The maximum atomic E-state index is 12.9. The molecule has 0 bridgehead atoms. The number of hydrogen-bond donors (Lipinski definition) is 0. The number of carbonyl (C=O) groups is 1. The van der Waals surface area contributed by atoms with Gasteiger partial charge in [-0.15, -0.1) is 0 Å². The van der Waals surface area contributed by atoms with Crippen molar-refractivity contribution in [1.82, 2.24) is 9.88 Å². The Kier molecular flexibility index (Phi) is 6.31. The first-order valence-corrected chi connectivity index (χ1v) is 11.9. The van der Waals surface area contributed by atoms with Gasteiger partial charge in [-0.2, -0.15) is 0 Å². The molecule has 1 saturated heterocycles. The fourth-order valence-corrected chi connectivity index (χ4v) is 5.12. The van der Waals surface area contributed by atoms with Crippen molar-refractivity contribution in [3.05, 3.63) is 89.7 Å². The van der Waals surface area contributed by atoms with Crippen LogP contribution in [0, 0.1) is 5.92 Å². The number of fused-ring (bicyclic) bond motifs is 1. The Labute approximate surface area is 190 Å². The summed E-state index contributed by atoms with van der Waals surface area (Å²) in [4.78, 5) is 21.9. The summed E-state index contributed by atoms with van der Waals surface area (Å²) >= 11 is 0. The SMILES string of the molecule is O=C(CCC1CCN(Cc2ccccc2)CC1)c1ccc2c(c1)CCN2c1ccncc1. The number of ketones is 1. The van der Waals surface area contributed by atoms with Gasteiger partial charge in [0.25, 0.3) is 0 Å². The first-order chi connectivity index (χ1) is 15.8. The molecule has 1 aromatic heterocycles. The molecule has 0 spiro atoms. The van der Waals surface area contributed by atoms with Gasteiger partial charge in [0.05, 0.1) is 0 Å². The topological polar surface area (TPSA) is 36.4 Å². The Balaban J connectivity index is 1.12. The van der Waals surface area contributed by atoms with Gasteiger partial charge in [0.15, 0.2) is 5.78 Å². The maximum Gasteiger partial charge on any atom is 0.162 e. The van der Waals surface area contributed by atoms with Crippen LogP contribution < -0.4 is 4.90 Å². The molecule has 0 amide bonds. The van der Waals surface area contributed by atoms with Crippen molar-refractivity contribution in [3.8, 4) is 0 Å². The van der Waals surface area contributed by atoms with E-state index in [1.807, 2.05) is 30.6 Å². The molecule has 2 aliphatic heterocycles. The highest BCUT2D eigenvalue weighted by Gasteiger charge is 2.23. The predicted octanol–water partition coefficient (Wildman–Crippen LogP) is 5.65. The molecule has 0 unspecified atom stereocenters. The molecule has 0 aliphatic carbocycles. The van der Waals surface area contributed by atoms with Gasteiger partial charge in [0, 0.05) is 48.8 Å². The highest BCUT2D eigenvalue weighted by molar-refractivity contribution is 5.97. The molecule has 3 heterocycles. The summed E-state index contributed by atoms with van der Waals surface area (Å²) in [6.45, 7) is 4.27. The van der Waals surface area contributed by atoms with E-state index >= 15 is 0 Å². The quantitative estimate of drug-likeness (QED) is 0.458. The van der Waals surface area contributed by atoms with Crippen molar-refractivity contribution in [3.63, 3.8) is 0 Å². The zero-order valence-corrected chi connectivity index (χ0v) is 18.6. The zero-order valence-electron chi connectivity index (χ0n) is 18.6. The van der Waals surface area contributed by atoms with Gasteiger partial charge >= 0.3 is 0 Å². The minimum atomic E-state index is 0.293. The van der Waals surface area contributed by atoms with E-state index in [9.17, 15) is 4.79 Å². The van der Waals surface area contributed by atoms with Gasteiger partial charge in [0.1, 0.15) is 0 Å². The first-order valence-electron chi connectivity index (χ1n) is 11.9. The van der Waals surface area contributed by atoms with Crippen molar-refractivity contribution in [2.24, 2.45) is 5.92 Å². The number of piperidine rings is 1. The van der Waals surface area contributed by atoms with E-state index in [2.05, 4.69) is 57.2 Å². The molecule has 5 rings (SSSR count). The summed E-state index contributed by atoms with van der Waals surface area (Å²) < 4.78 is 0. The van der Waals surface area contributed by atoms with Crippen LogP contribution in [0.15, 0.2) is 73.1 Å². The molecule has 2 aromatic carbocycles. The number of pyridine rings is 1. The van der Waals surface area contributed by atoms with Crippen molar-refractivity contribution < 1.29 is 4.79 Å². The second-order valence-electron chi connectivity index (χ2n) is 9.12. The van der Waals surface area contributed by atoms with E-state index < -0.39 is 0 Å². The van der Waals surface area contributed by atoms with Crippen LogP contribution in [-0.2, 0) is 13.0 Å². The minimum absolute atomic E-state index is 0.293. The van der Waals surface area contributed by atoms with Crippen LogP contribution in [0.5, 0.6) is 0 Å². The molecule has 2 aliphatic rings. The van der Waals surface area contributed by atoms with Gasteiger partial charge in [-0.25, -0.2) is 0 Å². The number of carbonyl (C=O) groups excluding carboxylic acids is 1. The van der Waals surface area contributed by atoms with Crippen LogP contribution in [0.25, 0.3) is 0 Å². The third-order valence-electron chi connectivity index (χ3n) is 7.01. The second-order valence-corrected chi connectivity index (χ2v) is 9.12. The molecule has 0 atom stereocenters. The lowest BCUT2D eigenvalue weighted by Gasteiger charge is -2.32. The minimum Gasteiger partial charge on any atom is -0.341 e. The predicted molar refractivity (Wildman–Crippen MR) is 129 cm³/mol. The summed E-state index contributed by atoms with van der Waals surface area (Å²) in [6, 6.07) is 21.1. The van der Waals surface area contributed by atoms with Crippen LogP contribution in [-0.4, -0.2) is 35.3 Å². The molecular weight excluding hydrogens is 394 g/mol. The molecule has 0 N–H and O–H groups in total. The molecule has 4 nitrogen and oxygen atoms in total. The van der Waals surface area contributed by atoms with E-state index in [-0.39, 0.29) is 0 Å². The largest absolute Gasteiger partial charge is 0.341 e. The van der Waals surface area contributed by atoms with E-state index in [1.165, 1.54) is 29.7 Å². The number of anilines is 2. The normalized spacial score (nSPS) is 16.8. The van der Waals surface area contributed by atoms with Crippen molar-refractivity contribution in [2.75, 3.05) is 24.5 Å². The van der Waals surface area contributed by atoms with Gasteiger partial charge in [-0.1, -0.05) is 30.3 Å². The molecule has 164 valence electrons. The Bertz CT molecular complexity index is 1040. The first kappa shape index (κ1) is 20.9. The molecule has 3 aromatic rings. The Morgan fingerprint density at radius 3 is 2.50 bits per heavy atom. The highest BCUT2D eigenvalue weighted by atomic mass is 16.1. The van der Waals surface area contributed by atoms with Gasteiger partial charge in [-0.05, 0) is 86.1 Å². The number of nitrogens with zero attached hydrogens (tertiary/aromatic N) is 3. The molecule has 1 fully saturated rings. The lowest BCUT2D eigenvalue weighted by Crippen LogP contribution is -2.33. The van der Waals surface area contributed by atoms with Crippen LogP contribution in [0.4, 0.5) is 11.4 Å². The number of likely N-dealkylation sites (tertiary alicyclic amines) is 1. The van der Waals surface area contributed by atoms with E-state index in [4.69, 9.17) is 0 Å². The third-order valence-corrected chi connectivity index (χ3v) is 7.01. The van der Waals surface area contributed by atoms with Crippen molar-refractivity contribution in [1.29, 1.82) is 0 Å². The average molecular weight is 426 g/mol. The van der Waals surface area contributed by atoms with Crippen LogP contribution in [0.1, 0.15) is 47.2 Å². The monoisotopic (exact) mass is 425 g/mol. The molecule has 4 heteroatoms. The van der Waals surface area contributed by atoms with E-state index in [1.54, 1.807) is 0 Å². The maximum absolute atomic E-state index is 12.9. The zero-order chi connectivity index (χ0) is 21.8. The molecule has 0 saturated carbocycles. The van der Waals surface area contributed by atoms with E-state index in [0.717, 1.165) is 50.3 Å². The third kappa shape index (κ3) is 4.76. The average Bonchev–Trinajstić information content (AvgIpc) is 3.28. The molecular formula is C28H31N3O. The highest BCUT2D eigenvalue weighted by Crippen LogP contribution is 2.35. The van der Waals surface area contributed by atoms with E-state index in [0.29, 0.717) is 18.1 Å². The summed E-state index contributed by atoms with van der Waals surface area (Å²) in [7, 11) is 0. The smallest absolute Gasteiger partial charge is 0.162 e. The van der Waals surface area contributed by atoms with Gasteiger partial charge in [-0.3, -0.25) is 14.7 Å². The lowest BCUT2D eigenvalue weighted by molar-refractivity contribution is 0.0961. The summed E-state index contributed by atoms with van der Waals surface area (Å²) in [5.74, 6) is 0.962. The van der Waals surface area contributed by atoms with Crippen molar-refractivity contribution in [2.45, 2.75) is 38.6 Å².